The molecule has 3 aromatic heterocycles. The third-order valence-corrected chi connectivity index (χ3v) is 8.44. The van der Waals surface area contributed by atoms with E-state index in [1.807, 2.05) is 22.5 Å². The molecule has 0 amide bonds. The van der Waals surface area contributed by atoms with Crippen molar-refractivity contribution >= 4 is 22.5 Å². The number of aromatic amines is 1. The van der Waals surface area contributed by atoms with Crippen molar-refractivity contribution in [1.82, 2.24) is 29.4 Å². The molecule has 0 aromatic carbocycles. The lowest BCUT2D eigenvalue weighted by atomic mass is 9.87. The summed E-state index contributed by atoms with van der Waals surface area (Å²) in [6.07, 6.45) is 9.32. The summed E-state index contributed by atoms with van der Waals surface area (Å²) in [6.45, 7) is 3.26. The third kappa shape index (κ3) is 2.84. The molecule has 4 fully saturated rings. The molecule has 2 aliphatic carbocycles. The summed E-state index contributed by atoms with van der Waals surface area (Å²) < 4.78 is 3.98. The van der Waals surface area contributed by atoms with Crippen LogP contribution in [-0.2, 0) is 7.05 Å². The van der Waals surface area contributed by atoms with E-state index >= 15 is 0 Å². The van der Waals surface area contributed by atoms with Gasteiger partial charge in [-0.05, 0) is 57.4 Å². The van der Waals surface area contributed by atoms with E-state index in [1.165, 1.54) is 38.5 Å². The number of nitrogens with two attached hydrogens (primary N) is 1. The maximum Gasteiger partial charge on any atom is 0.264 e. The van der Waals surface area contributed by atoms with Crippen molar-refractivity contribution < 1.29 is 0 Å². The molecule has 5 heterocycles. The number of likely N-dealkylation sites (tertiary alicyclic amines) is 1. The molecule has 9 nitrogen and oxygen atoms in total. The number of rotatable bonds is 5. The molecule has 1 spiro atoms. The standard InChI is InChI=1S/C24H32N8O/c1-29-12-24(13-29)8-3-9-32(24)18-10-17(28-30(18)2)16-11-31(21(14-4-5-14)15-6-7-15)23(33)19-20(16)26-27-22(19)25/h10-11,14-15,21H,3-9,12-13H2,1-2H3,(H3,25,26,27). The Morgan fingerprint density at radius 3 is 2.58 bits per heavy atom. The largest absolute Gasteiger partial charge is 0.382 e. The Bertz CT molecular complexity index is 1290. The molecular weight excluding hydrogens is 416 g/mol. The summed E-state index contributed by atoms with van der Waals surface area (Å²) in [6, 6.07) is 2.46. The Hall–Kier alpha value is -2.81. The number of nitrogens with zero attached hydrogens (tertiary/aromatic N) is 6. The molecule has 174 valence electrons. The van der Waals surface area contributed by atoms with Crippen LogP contribution in [0.25, 0.3) is 22.2 Å². The van der Waals surface area contributed by atoms with E-state index in [1.54, 1.807) is 0 Å². The SMILES string of the molecule is CN1CC2(CCCN2c2cc(-c3cn(C(C4CC4)C4CC4)c(=O)c4c(N)n[nH]c34)nn2C)C1. The molecule has 4 aliphatic rings. The predicted octanol–water partition coefficient (Wildman–Crippen LogP) is 2.35. The molecule has 2 aliphatic heterocycles. The van der Waals surface area contributed by atoms with Gasteiger partial charge in [-0.15, -0.1) is 0 Å². The van der Waals surface area contributed by atoms with Gasteiger partial charge in [-0.3, -0.25) is 14.6 Å². The van der Waals surface area contributed by atoms with Crippen molar-refractivity contribution in [2.45, 2.75) is 50.1 Å². The molecule has 33 heavy (non-hydrogen) atoms. The van der Waals surface area contributed by atoms with Crippen LogP contribution in [0.3, 0.4) is 0 Å². The van der Waals surface area contributed by atoms with Gasteiger partial charge < -0.3 is 20.1 Å². The number of aromatic nitrogens is 5. The molecule has 7 rings (SSSR count). The van der Waals surface area contributed by atoms with Crippen LogP contribution in [0.5, 0.6) is 0 Å². The summed E-state index contributed by atoms with van der Waals surface area (Å²) in [4.78, 5) is 18.5. The van der Waals surface area contributed by atoms with Crippen LogP contribution in [0.2, 0.25) is 0 Å². The summed E-state index contributed by atoms with van der Waals surface area (Å²) in [5.74, 6) is 2.64. The predicted molar refractivity (Wildman–Crippen MR) is 128 cm³/mol. The van der Waals surface area contributed by atoms with E-state index in [9.17, 15) is 4.79 Å². The zero-order valence-corrected chi connectivity index (χ0v) is 19.4. The first-order chi connectivity index (χ1) is 15.9. The molecular formula is C24H32N8O. The average Bonchev–Trinajstić information content (AvgIpc) is 3.67. The monoisotopic (exact) mass is 448 g/mol. The Labute approximate surface area is 192 Å². The van der Waals surface area contributed by atoms with Gasteiger partial charge in [-0.25, -0.2) is 0 Å². The van der Waals surface area contributed by atoms with Crippen LogP contribution in [-0.4, -0.2) is 61.7 Å². The van der Waals surface area contributed by atoms with Crippen molar-refractivity contribution in [3.8, 4) is 11.3 Å². The van der Waals surface area contributed by atoms with E-state index in [2.05, 4.69) is 33.1 Å². The smallest absolute Gasteiger partial charge is 0.264 e. The summed E-state index contributed by atoms with van der Waals surface area (Å²) in [5.41, 5.74) is 8.89. The minimum absolute atomic E-state index is 0.0176. The molecule has 0 bridgehead atoms. The number of hydrogen-bond donors (Lipinski definition) is 2. The Kier molecular flexibility index (Phi) is 3.94. The van der Waals surface area contributed by atoms with Gasteiger partial charge in [0.05, 0.1) is 16.7 Å². The normalized spacial score (nSPS) is 22.7. The van der Waals surface area contributed by atoms with Crippen LogP contribution in [0.4, 0.5) is 11.6 Å². The van der Waals surface area contributed by atoms with Crippen molar-refractivity contribution in [3.63, 3.8) is 0 Å². The molecule has 0 radical (unpaired) electrons. The topological polar surface area (TPSA) is 101 Å². The van der Waals surface area contributed by atoms with Crippen molar-refractivity contribution in [2.75, 3.05) is 37.3 Å². The van der Waals surface area contributed by atoms with Gasteiger partial charge >= 0.3 is 0 Å². The first kappa shape index (κ1) is 19.6. The summed E-state index contributed by atoms with van der Waals surface area (Å²) in [5, 5.41) is 12.7. The fraction of sp³-hybridized carbons (Fsp3) is 0.625. The van der Waals surface area contributed by atoms with Crippen LogP contribution < -0.4 is 16.2 Å². The van der Waals surface area contributed by atoms with Crippen molar-refractivity contribution in [3.05, 3.63) is 22.6 Å². The number of hydrogen-bond acceptors (Lipinski definition) is 6. The number of H-pyrrole nitrogens is 1. The molecule has 0 unspecified atom stereocenters. The van der Waals surface area contributed by atoms with E-state index in [0.717, 1.165) is 36.7 Å². The Morgan fingerprint density at radius 1 is 1.18 bits per heavy atom. The fourth-order valence-electron chi connectivity index (χ4n) is 6.71. The summed E-state index contributed by atoms with van der Waals surface area (Å²) >= 11 is 0. The van der Waals surface area contributed by atoms with Crippen molar-refractivity contribution in [2.24, 2.45) is 18.9 Å². The highest BCUT2D eigenvalue weighted by Crippen LogP contribution is 2.52. The van der Waals surface area contributed by atoms with E-state index in [0.29, 0.717) is 22.7 Å². The van der Waals surface area contributed by atoms with Gasteiger partial charge in [0.25, 0.3) is 5.56 Å². The zero-order valence-electron chi connectivity index (χ0n) is 19.4. The maximum absolute atomic E-state index is 13.5. The average molecular weight is 449 g/mol. The minimum atomic E-state index is -0.0176. The fourth-order valence-corrected chi connectivity index (χ4v) is 6.71. The number of nitrogens with one attached hydrogen (secondary N) is 1. The molecule has 2 saturated heterocycles. The van der Waals surface area contributed by atoms with Gasteiger partial charge in [0, 0.05) is 50.6 Å². The minimum Gasteiger partial charge on any atom is -0.382 e. The van der Waals surface area contributed by atoms with Gasteiger partial charge in [-0.1, -0.05) is 0 Å². The van der Waals surface area contributed by atoms with Crippen LogP contribution in [0, 0.1) is 11.8 Å². The van der Waals surface area contributed by atoms with Gasteiger partial charge in [0.1, 0.15) is 11.2 Å². The van der Waals surface area contributed by atoms with Crippen molar-refractivity contribution in [1.29, 1.82) is 0 Å². The second kappa shape index (κ2) is 6.62. The van der Waals surface area contributed by atoms with Crippen LogP contribution in [0.15, 0.2) is 17.1 Å². The molecule has 3 aromatic rings. The third-order valence-electron chi connectivity index (χ3n) is 8.44. The molecule has 2 saturated carbocycles. The van der Waals surface area contributed by atoms with Gasteiger partial charge in [-0.2, -0.15) is 10.2 Å². The van der Waals surface area contributed by atoms with Crippen LogP contribution in [0.1, 0.15) is 44.6 Å². The molecule has 3 N–H and O–H groups in total. The highest BCUT2D eigenvalue weighted by molar-refractivity contribution is 5.97. The highest BCUT2D eigenvalue weighted by Gasteiger charge is 2.49. The quantitative estimate of drug-likeness (QED) is 0.621. The number of nitrogen functional groups attached to an aromatic ring is 1. The van der Waals surface area contributed by atoms with E-state index in [-0.39, 0.29) is 23.0 Å². The lowest BCUT2D eigenvalue weighted by Gasteiger charge is -2.52. The maximum atomic E-state index is 13.5. The van der Waals surface area contributed by atoms with E-state index < -0.39 is 0 Å². The van der Waals surface area contributed by atoms with Gasteiger partial charge in [0.15, 0.2) is 5.82 Å². The molecule has 0 atom stereocenters. The number of aryl methyl sites for hydroxylation is 1. The second-order valence-corrected chi connectivity index (χ2v) is 10.9. The van der Waals surface area contributed by atoms with Gasteiger partial charge in [0.2, 0.25) is 0 Å². The molecule has 9 heteroatoms. The number of anilines is 2. The lowest BCUT2D eigenvalue weighted by molar-refractivity contribution is 0.102. The zero-order chi connectivity index (χ0) is 22.5. The lowest BCUT2D eigenvalue weighted by Crippen LogP contribution is -2.67. The first-order valence-electron chi connectivity index (χ1n) is 12.3. The highest BCUT2D eigenvalue weighted by atomic mass is 16.1. The summed E-state index contributed by atoms with van der Waals surface area (Å²) in [7, 11) is 4.22. The van der Waals surface area contributed by atoms with E-state index in [4.69, 9.17) is 10.8 Å². The number of pyridine rings is 1. The Balaban J connectivity index is 1.37. The van der Waals surface area contributed by atoms with Crippen LogP contribution >= 0.6 is 0 Å². The first-order valence-corrected chi connectivity index (χ1v) is 12.3. The number of likely N-dealkylation sites (N-methyl/N-ethyl adjacent to an activating group) is 1. The number of fused-ring (bicyclic) bond motifs is 1. The second-order valence-electron chi connectivity index (χ2n) is 10.9. The Morgan fingerprint density at radius 2 is 1.91 bits per heavy atom.